The third-order valence-electron chi connectivity index (χ3n) is 6.14. The lowest BCUT2D eigenvalue weighted by Gasteiger charge is -2.10. The van der Waals surface area contributed by atoms with Crippen LogP contribution in [-0.4, -0.2) is 25.2 Å². The second-order valence-electron chi connectivity index (χ2n) is 9.40. The summed E-state index contributed by atoms with van der Waals surface area (Å²) in [5, 5.41) is 10.4. The van der Waals surface area contributed by atoms with Gasteiger partial charge >= 0.3 is 11.9 Å². The van der Waals surface area contributed by atoms with Crippen LogP contribution in [0.3, 0.4) is 0 Å². The SMILES string of the molecule is C=C(C)C(=O)OCCCCCCOc1ccc(C(=O)Oc2ccc(N=Nc3ccc(I)cc3)c3ccccc23)cc1. The number of nitrogens with zero attached hydrogens (tertiary/aromatic N) is 2. The van der Waals surface area contributed by atoms with Crippen molar-refractivity contribution in [2.75, 3.05) is 13.2 Å². The molecule has 0 aliphatic heterocycles. The van der Waals surface area contributed by atoms with Crippen molar-refractivity contribution >= 4 is 56.7 Å². The highest BCUT2D eigenvalue weighted by molar-refractivity contribution is 14.1. The Morgan fingerprint density at radius 1 is 0.780 bits per heavy atom. The van der Waals surface area contributed by atoms with Gasteiger partial charge in [-0.2, -0.15) is 5.11 Å². The molecular weight excluding hydrogens is 631 g/mol. The van der Waals surface area contributed by atoms with Crippen molar-refractivity contribution in [2.45, 2.75) is 32.6 Å². The van der Waals surface area contributed by atoms with Crippen LogP contribution in [0.5, 0.6) is 11.5 Å². The van der Waals surface area contributed by atoms with E-state index in [1.807, 2.05) is 48.5 Å². The van der Waals surface area contributed by atoms with E-state index in [2.05, 4.69) is 39.4 Å². The van der Waals surface area contributed by atoms with Gasteiger partial charge in [-0.1, -0.05) is 30.8 Å². The Morgan fingerprint density at radius 2 is 1.46 bits per heavy atom. The average molecular weight is 663 g/mol. The molecule has 41 heavy (non-hydrogen) atoms. The van der Waals surface area contributed by atoms with Gasteiger partial charge in [0.1, 0.15) is 11.5 Å². The second kappa shape index (κ2) is 15.1. The number of esters is 2. The molecule has 4 rings (SSSR count). The van der Waals surface area contributed by atoms with Gasteiger partial charge in [-0.3, -0.25) is 0 Å². The van der Waals surface area contributed by atoms with Gasteiger partial charge in [0.2, 0.25) is 0 Å². The minimum atomic E-state index is -0.456. The maximum atomic E-state index is 12.9. The molecule has 7 nitrogen and oxygen atoms in total. The van der Waals surface area contributed by atoms with E-state index in [1.54, 1.807) is 43.3 Å². The Bertz CT molecular complexity index is 1530. The molecule has 0 unspecified atom stereocenters. The van der Waals surface area contributed by atoms with Crippen molar-refractivity contribution in [1.82, 2.24) is 0 Å². The summed E-state index contributed by atoms with van der Waals surface area (Å²) in [5.41, 5.74) is 2.29. The summed E-state index contributed by atoms with van der Waals surface area (Å²) in [6.45, 7) is 6.17. The zero-order valence-electron chi connectivity index (χ0n) is 22.8. The van der Waals surface area contributed by atoms with Gasteiger partial charge in [-0.25, -0.2) is 9.59 Å². The predicted molar refractivity (Wildman–Crippen MR) is 168 cm³/mol. The fraction of sp³-hybridized carbons (Fsp3) is 0.212. The van der Waals surface area contributed by atoms with Crippen LogP contribution in [0.4, 0.5) is 11.4 Å². The van der Waals surface area contributed by atoms with Crippen LogP contribution in [0, 0.1) is 3.57 Å². The van der Waals surface area contributed by atoms with E-state index in [0.717, 1.165) is 45.7 Å². The lowest BCUT2D eigenvalue weighted by Crippen LogP contribution is -2.08. The first kappa shape index (κ1) is 29.9. The predicted octanol–water partition coefficient (Wildman–Crippen LogP) is 9.14. The summed E-state index contributed by atoms with van der Waals surface area (Å²) < 4.78 is 17.8. The minimum Gasteiger partial charge on any atom is -0.494 e. The van der Waals surface area contributed by atoms with Gasteiger partial charge < -0.3 is 14.2 Å². The molecule has 0 radical (unpaired) electrons. The van der Waals surface area contributed by atoms with Gasteiger partial charge in [0.15, 0.2) is 0 Å². The number of unbranched alkanes of at least 4 members (excludes halogenated alkanes) is 3. The molecule has 0 bridgehead atoms. The van der Waals surface area contributed by atoms with Crippen LogP contribution in [-0.2, 0) is 9.53 Å². The molecule has 0 fully saturated rings. The van der Waals surface area contributed by atoms with E-state index in [9.17, 15) is 9.59 Å². The largest absolute Gasteiger partial charge is 0.494 e. The van der Waals surface area contributed by atoms with Gasteiger partial charge in [-0.05, 0) is 116 Å². The van der Waals surface area contributed by atoms with Crippen LogP contribution in [0.2, 0.25) is 0 Å². The minimum absolute atomic E-state index is 0.344. The molecule has 0 saturated carbocycles. The highest BCUT2D eigenvalue weighted by atomic mass is 127. The van der Waals surface area contributed by atoms with Gasteiger partial charge in [0, 0.05) is 19.9 Å². The third-order valence-corrected chi connectivity index (χ3v) is 6.86. The number of hydrogen-bond donors (Lipinski definition) is 0. The van der Waals surface area contributed by atoms with Crippen molar-refractivity contribution in [3.63, 3.8) is 0 Å². The third kappa shape index (κ3) is 8.97. The van der Waals surface area contributed by atoms with Crippen molar-refractivity contribution in [1.29, 1.82) is 0 Å². The first-order valence-electron chi connectivity index (χ1n) is 13.4. The Kier molecular flexibility index (Phi) is 11.0. The van der Waals surface area contributed by atoms with E-state index < -0.39 is 5.97 Å². The Morgan fingerprint density at radius 3 is 2.17 bits per heavy atom. The number of benzene rings is 4. The summed E-state index contributed by atoms with van der Waals surface area (Å²) in [6.07, 6.45) is 3.61. The molecule has 8 heteroatoms. The topological polar surface area (TPSA) is 86.5 Å². The zero-order chi connectivity index (χ0) is 29.0. The molecule has 0 amide bonds. The molecule has 4 aromatic rings. The Hall–Kier alpha value is -4.05. The van der Waals surface area contributed by atoms with Gasteiger partial charge in [0.05, 0.1) is 30.2 Å². The van der Waals surface area contributed by atoms with Crippen LogP contribution >= 0.6 is 22.6 Å². The van der Waals surface area contributed by atoms with Crippen molar-refractivity contribution in [3.05, 3.63) is 106 Å². The number of carbonyl (C=O) groups excluding carboxylic acids is 2. The van der Waals surface area contributed by atoms with E-state index in [1.165, 1.54) is 0 Å². The number of rotatable bonds is 13. The number of carbonyl (C=O) groups is 2. The fourth-order valence-electron chi connectivity index (χ4n) is 3.93. The molecule has 0 atom stereocenters. The number of halogens is 1. The Labute approximate surface area is 253 Å². The molecule has 0 aliphatic carbocycles. The molecule has 210 valence electrons. The molecule has 0 saturated heterocycles. The molecule has 0 spiro atoms. The quantitative estimate of drug-likeness (QED) is 0.0356. The summed E-state index contributed by atoms with van der Waals surface area (Å²) in [6, 6.07) is 25.9. The van der Waals surface area contributed by atoms with Crippen LogP contribution in [0.15, 0.2) is 107 Å². The first-order valence-corrected chi connectivity index (χ1v) is 14.5. The lowest BCUT2D eigenvalue weighted by molar-refractivity contribution is -0.139. The smallest absolute Gasteiger partial charge is 0.343 e. The van der Waals surface area contributed by atoms with E-state index >= 15 is 0 Å². The number of hydrogen-bond acceptors (Lipinski definition) is 7. The van der Waals surface area contributed by atoms with Gasteiger partial charge in [0.25, 0.3) is 0 Å². The van der Waals surface area contributed by atoms with E-state index in [4.69, 9.17) is 14.2 Å². The molecule has 4 aromatic carbocycles. The highest BCUT2D eigenvalue weighted by Gasteiger charge is 2.13. The van der Waals surface area contributed by atoms with Crippen LogP contribution in [0.1, 0.15) is 43.0 Å². The molecule has 0 N–H and O–H groups in total. The first-order chi connectivity index (χ1) is 19.9. The maximum absolute atomic E-state index is 12.9. The van der Waals surface area contributed by atoms with Crippen LogP contribution < -0.4 is 9.47 Å². The summed E-state index contributed by atoms with van der Waals surface area (Å²) in [7, 11) is 0. The fourth-order valence-corrected chi connectivity index (χ4v) is 4.29. The molecular formula is C33H31IN2O5. The number of fused-ring (bicyclic) bond motifs is 1. The molecule has 0 aromatic heterocycles. The van der Waals surface area contributed by atoms with Crippen molar-refractivity contribution < 1.29 is 23.8 Å². The van der Waals surface area contributed by atoms with Crippen molar-refractivity contribution in [3.8, 4) is 11.5 Å². The molecule has 0 heterocycles. The van der Waals surface area contributed by atoms with E-state index in [-0.39, 0.29) is 5.97 Å². The monoisotopic (exact) mass is 662 g/mol. The average Bonchev–Trinajstić information content (AvgIpc) is 2.99. The van der Waals surface area contributed by atoms with Crippen LogP contribution in [0.25, 0.3) is 10.8 Å². The van der Waals surface area contributed by atoms with Gasteiger partial charge in [-0.15, -0.1) is 5.11 Å². The lowest BCUT2D eigenvalue weighted by atomic mass is 10.1. The zero-order valence-corrected chi connectivity index (χ0v) is 25.0. The standard InChI is InChI=1S/C33H31IN2O5/c1-23(2)32(37)40-22-8-4-3-7-21-39-27-17-11-24(12-18-27)33(38)41-31-20-19-30(28-9-5-6-10-29(28)31)36-35-26-15-13-25(34)14-16-26/h5-6,9-20H,1,3-4,7-8,21-22H2,2H3. The summed E-state index contributed by atoms with van der Waals surface area (Å²) in [4.78, 5) is 24.3. The van der Waals surface area contributed by atoms with Crippen molar-refractivity contribution in [2.24, 2.45) is 10.2 Å². The normalized spacial score (nSPS) is 11.0. The second-order valence-corrected chi connectivity index (χ2v) is 10.6. The Balaban J connectivity index is 1.28. The number of ether oxygens (including phenoxy) is 3. The maximum Gasteiger partial charge on any atom is 0.343 e. The summed E-state index contributed by atoms with van der Waals surface area (Å²) in [5.74, 6) is 0.338. The molecule has 0 aliphatic rings. The summed E-state index contributed by atoms with van der Waals surface area (Å²) >= 11 is 2.25. The number of azo groups is 1. The van der Waals surface area contributed by atoms with E-state index in [0.29, 0.717) is 41.5 Å². The highest BCUT2D eigenvalue weighted by Crippen LogP contribution is 2.34.